The van der Waals surface area contributed by atoms with Crippen molar-refractivity contribution in [2.24, 2.45) is 0 Å². The van der Waals surface area contributed by atoms with E-state index in [1.807, 2.05) is 31.2 Å². The average Bonchev–Trinajstić information content (AvgIpc) is 2.55. The van der Waals surface area contributed by atoms with Crippen molar-refractivity contribution in [3.05, 3.63) is 59.7 Å². The summed E-state index contributed by atoms with van der Waals surface area (Å²) in [6, 6.07) is 14.1. The Kier molecular flexibility index (Phi) is 5.98. The van der Waals surface area contributed by atoms with Gasteiger partial charge in [0.15, 0.2) is 0 Å². The maximum absolute atomic E-state index is 12.4. The summed E-state index contributed by atoms with van der Waals surface area (Å²) in [5.74, 6) is -0.222. The fourth-order valence-corrected chi connectivity index (χ4v) is 3.49. The summed E-state index contributed by atoms with van der Waals surface area (Å²) in [6.45, 7) is 3.82. The third-order valence-corrected chi connectivity index (χ3v) is 5.01. The van der Waals surface area contributed by atoms with E-state index in [9.17, 15) is 13.2 Å². The van der Waals surface area contributed by atoms with Gasteiger partial charge in [0.2, 0.25) is 10.0 Å². The second kappa shape index (κ2) is 7.97. The van der Waals surface area contributed by atoms with Gasteiger partial charge in [-0.1, -0.05) is 38.1 Å². The monoisotopic (exact) mass is 346 g/mol. The van der Waals surface area contributed by atoms with Crippen LogP contribution in [0.2, 0.25) is 0 Å². The maximum Gasteiger partial charge on any atom is 0.255 e. The normalized spacial score (nSPS) is 11.1. The number of anilines is 2. The van der Waals surface area contributed by atoms with Gasteiger partial charge in [-0.3, -0.25) is 9.52 Å². The molecule has 0 spiro atoms. The molecule has 2 aromatic rings. The van der Waals surface area contributed by atoms with Crippen molar-refractivity contribution < 1.29 is 13.2 Å². The van der Waals surface area contributed by atoms with Gasteiger partial charge in [0.25, 0.3) is 5.91 Å². The first kappa shape index (κ1) is 18.0. The number of hydrogen-bond acceptors (Lipinski definition) is 3. The Balaban J connectivity index is 2.17. The van der Waals surface area contributed by atoms with Gasteiger partial charge in [-0.05, 0) is 42.7 Å². The summed E-state index contributed by atoms with van der Waals surface area (Å²) >= 11 is 0. The number of rotatable bonds is 7. The first-order valence-electron chi connectivity index (χ1n) is 7.95. The van der Waals surface area contributed by atoms with Crippen molar-refractivity contribution in [1.82, 2.24) is 0 Å². The molecule has 128 valence electrons. The van der Waals surface area contributed by atoms with Crippen LogP contribution in [0.4, 0.5) is 11.4 Å². The standard InChI is InChI=1S/C18H22N2O3S/c1-3-12-24(22,23)20-16-10-7-9-15(13-16)18(21)19-17-11-6-5-8-14(17)4-2/h5-11,13,20H,3-4,12H2,1-2H3,(H,19,21). The van der Waals surface area contributed by atoms with Crippen LogP contribution in [-0.4, -0.2) is 20.1 Å². The van der Waals surface area contributed by atoms with E-state index in [2.05, 4.69) is 10.0 Å². The predicted molar refractivity (Wildman–Crippen MR) is 97.9 cm³/mol. The van der Waals surface area contributed by atoms with Gasteiger partial charge in [-0.25, -0.2) is 8.42 Å². The lowest BCUT2D eigenvalue weighted by Gasteiger charge is -2.11. The first-order valence-corrected chi connectivity index (χ1v) is 9.60. The smallest absolute Gasteiger partial charge is 0.255 e. The van der Waals surface area contributed by atoms with Crippen LogP contribution in [0.25, 0.3) is 0 Å². The van der Waals surface area contributed by atoms with E-state index in [1.54, 1.807) is 25.1 Å². The highest BCUT2D eigenvalue weighted by Gasteiger charge is 2.12. The van der Waals surface area contributed by atoms with E-state index in [-0.39, 0.29) is 11.7 Å². The summed E-state index contributed by atoms with van der Waals surface area (Å²) < 4.78 is 26.2. The molecule has 0 unspecified atom stereocenters. The van der Waals surface area contributed by atoms with Crippen LogP contribution < -0.4 is 10.0 Å². The number of hydrogen-bond donors (Lipinski definition) is 2. The van der Waals surface area contributed by atoms with E-state index in [4.69, 9.17) is 0 Å². The number of aryl methyl sites for hydroxylation is 1. The SMILES string of the molecule is CCCS(=O)(=O)Nc1cccc(C(=O)Nc2ccccc2CC)c1. The molecule has 2 aromatic carbocycles. The van der Waals surface area contributed by atoms with Crippen LogP contribution in [0.1, 0.15) is 36.2 Å². The quantitative estimate of drug-likeness (QED) is 0.803. The second-order valence-electron chi connectivity index (χ2n) is 5.47. The number of sulfonamides is 1. The molecule has 0 saturated heterocycles. The molecule has 0 aliphatic carbocycles. The Labute approximate surface area is 143 Å². The summed E-state index contributed by atoms with van der Waals surface area (Å²) in [4.78, 5) is 12.4. The van der Waals surface area contributed by atoms with Gasteiger partial charge in [0.1, 0.15) is 0 Å². The van der Waals surface area contributed by atoms with Gasteiger partial charge in [-0.15, -0.1) is 0 Å². The average molecular weight is 346 g/mol. The van der Waals surface area contributed by atoms with Crippen molar-refractivity contribution in [3.8, 4) is 0 Å². The van der Waals surface area contributed by atoms with Crippen LogP contribution in [0, 0.1) is 0 Å². The lowest BCUT2D eigenvalue weighted by atomic mass is 10.1. The second-order valence-corrected chi connectivity index (χ2v) is 7.31. The molecule has 0 aliphatic rings. The van der Waals surface area contributed by atoms with Crippen LogP contribution in [0.3, 0.4) is 0 Å². The highest BCUT2D eigenvalue weighted by Crippen LogP contribution is 2.18. The zero-order valence-corrected chi connectivity index (χ0v) is 14.7. The number of nitrogens with one attached hydrogen (secondary N) is 2. The molecule has 6 heteroatoms. The van der Waals surface area contributed by atoms with Crippen molar-refractivity contribution >= 4 is 27.3 Å². The van der Waals surface area contributed by atoms with Crippen molar-refractivity contribution in [3.63, 3.8) is 0 Å². The Morgan fingerprint density at radius 3 is 2.50 bits per heavy atom. The minimum absolute atomic E-state index is 0.0489. The number of carbonyl (C=O) groups excluding carboxylic acids is 1. The van der Waals surface area contributed by atoms with Crippen LogP contribution in [0.5, 0.6) is 0 Å². The largest absolute Gasteiger partial charge is 0.322 e. The molecule has 0 saturated carbocycles. The molecular formula is C18H22N2O3S. The molecule has 0 aliphatic heterocycles. The van der Waals surface area contributed by atoms with Crippen LogP contribution >= 0.6 is 0 Å². The lowest BCUT2D eigenvalue weighted by molar-refractivity contribution is 0.102. The van der Waals surface area contributed by atoms with Gasteiger partial charge >= 0.3 is 0 Å². The molecule has 0 bridgehead atoms. The molecular weight excluding hydrogens is 324 g/mol. The Bertz CT molecular complexity index is 817. The van der Waals surface area contributed by atoms with Crippen molar-refractivity contribution in [2.75, 3.05) is 15.8 Å². The summed E-state index contributed by atoms with van der Waals surface area (Å²) in [5.41, 5.74) is 2.60. The molecule has 2 rings (SSSR count). The third-order valence-electron chi connectivity index (χ3n) is 3.52. The van der Waals surface area contributed by atoms with Crippen LogP contribution in [0.15, 0.2) is 48.5 Å². The molecule has 0 heterocycles. The highest BCUT2D eigenvalue weighted by molar-refractivity contribution is 7.92. The number of para-hydroxylation sites is 1. The molecule has 5 nitrogen and oxygen atoms in total. The fraction of sp³-hybridized carbons (Fsp3) is 0.278. The molecule has 0 radical (unpaired) electrons. The summed E-state index contributed by atoms with van der Waals surface area (Å²) in [6.07, 6.45) is 1.34. The van der Waals surface area contributed by atoms with Crippen LogP contribution in [-0.2, 0) is 16.4 Å². The Morgan fingerprint density at radius 1 is 1.04 bits per heavy atom. The lowest BCUT2D eigenvalue weighted by Crippen LogP contribution is -2.17. The molecule has 0 fully saturated rings. The highest BCUT2D eigenvalue weighted by atomic mass is 32.2. The maximum atomic E-state index is 12.4. The zero-order chi connectivity index (χ0) is 17.6. The number of benzene rings is 2. The summed E-state index contributed by atoms with van der Waals surface area (Å²) in [7, 11) is -3.38. The van der Waals surface area contributed by atoms with Gasteiger partial charge < -0.3 is 5.32 Å². The third kappa shape index (κ3) is 4.83. The van der Waals surface area contributed by atoms with Crippen molar-refractivity contribution in [2.45, 2.75) is 26.7 Å². The molecule has 2 N–H and O–H groups in total. The van der Waals surface area contributed by atoms with E-state index in [0.29, 0.717) is 17.7 Å². The van der Waals surface area contributed by atoms with Gasteiger partial charge in [0, 0.05) is 16.9 Å². The minimum Gasteiger partial charge on any atom is -0.322 e. The van der Waals surface area contributed by atoms with E-state index < -0.39 is 10.0 Å². The van der Waals surface area contributed by atoms with Crippen molar-refractivity contribution in [1.29, 1.82) is 0 Å². The van der Waals surface area contributed by atoms with E-state index in [1.165, 1.54) is 6.07 Å². The van der Waals surface area contributed by atoms with E-state index in [0.717, 1.165) is 17.7 Å². The molecule has 1 amide bonds. The first-order chi connectivity index (χ1) is 11.4. The zero-order valence-electron chi connectivity index (χ0n) is 13.9. The molecule has 0 atom stereocenters. The predicted octanol–water partition coefficient (Wildman–Crippen LogP) is 3.65. The van der Waals surface area contributed by atoms with Gasteiger partial charge in [-0.2, -0.15) is 0 Å². The Hall–Kier alpha value is -2.34. The molecule has 24 heavy (non-hydrogen) atoms. The molecule has 0 aromatic heterocycles. The Morgan fingerprint density at radius 2 is 1.79 bits per heavy atom. The van der Waals surface area contributed by atoms with E-state index >= 15 is 0 Å². The van der Waals surface area contributed by atoms with Gasteiger partial charge in [0.05, 0.1) is 5.75 Å². The number of carbonyl (C=O) groups is 1. The minimum atomic E-state index is -3.38. The topological polar surface area (TPSA) is 75.3 Å². The number of amides is 1. The fourth-order valence-electron chi connectivity index (χ4n) is 2.37. The summed E-state index contributed by atoms with van der Waals surface area (Å²) in [5, 5.41) is 2.88.